The summed E-state index contributed by atoms with van der Waals surface area (Å²) in [5.41, 5.74) is 0.163. The first kappa shape index (κ1) is 16.3. The van der Waals surface area contributed by atoms with Crippen LogP contribution in [-0.4, -0.2) is 13.0 Å². The van der Waals surface area contributed by atoms with Crippen LogP contribution in [0.1, 0.15) is 6.92 Å². The van der Waals surface area contributed by atoms with Crippen LogP contribution >= 0.6 is 31.9 Å². The molecule has 1 aromatic heterocycles. The third-order valence-corrected chi connectivity index (χ3v) is 5.61. The van der Waals surface area contributed by atoms with Gasteiger partial charge in [0.15, 0.2) is 0 Å². The fraction of sp³-hybridized carbons (Fsp3) is 0.154. The third-order valence-electron chi connectivity index (χ3n) is 2.76. The highest BCUT2D eigenvalue weighted by molar-refractivity contribution is 9.11. The van der Waals surface area contributed by atoms with Crippen LogP contribution in [0.3, 0.4) is 0 Å². The molecule has 0 aliphatic heterocycles. The van der Waals surface area contributed by atoms with Crippen molar-refractivity contribution in [2.45, 2.75) is 18.4 Å². The zero-order valence-corrected chi connectivity index (χ0v) is 15.0. The van der Waals surface area contributed by atoms with Crippen molar-refractivity contribution < 1.29 is 8.42 Å². The molecule has 1 heterocycles. The van der Waals surface area contributed by atoms with Gasteiger partial charge in [0.2, 0.25) is 0 Å². The maximum absolute atomic E-state index is 12.4. The van der Waals surface area contributed by atoms with E-state index >= 15 is 0 Å². The molecule has 2 rings (SSSR count). The maximum Gasteiger partial charge on any atom is 0.263 e. The van der Waals surface area contributed by atoms with Gasteiger partial charge in [0.1, 0.15) is 4.90 Å². The second-order valence-electron chi connectivity index (χ2n) is 4.22. The Kier molecular flexibility index (Phi) is 4.90. The normalized spacial score (nSPS) is 11.4. The second-order valence-corrected chi connectivity index (χ2v) is 7.64. The lowest BCUT2D eigenvalue weighted by Gasteiger charge is -2.11. The Hall–Kier alpha value is -1.12. The smallest absolute Gasteiger partial charge is 0.263 e. The first-order valence-electron chi connectivity index (χ1n) is 6.02. The van der Waals surface area contributed by atoms with E-state index in [9.17, 15) is 13.2 Å². The molecule has 112 valence electrons. The zero-order chi connectivity index (χ0) is 15.6. The molecular formula is C13H12Br2N2O3S. The topological polar surface area (TPSA) is 68.2 Å². The summed E-state index contributed by atoms with van der Waals surface area (Å²) < 4.78 is 29.9. The molecule has 0 bridgehead atoms. The van der Waals surface area contributed by atoms with Crippen LogP contribution in [0.5, 0.6) is 0 Å². The summed E-state index contributed by atoms with van der Waals surface area (Å²) in [5.74, 6) is 0. The molecule has 0 radical (unpaired) electrons. The predicted octanol–water partition coefficient (Wildman–Crippen LogP) is 3.19. The molecule has 0 fully saturated rings. The quantitative estimate of drug-likeness (QED) is 0.801. The Morgan fingerprint density at radius 1 is 1.19 bits per heavy atom. The van der Waals surface area contributed by atoms with Gasteiger partial charge in [0.25, 0.3) is 15.6 Å². The maximum atomic E-state index is 12.4. The van der Waals surface area contributed by atoms with Gasteiger partial charge in [-0.1, -0.05) is 15.9 Å². The molecule has 2 aromatic rings. The first-order valence-corrected chi connectivity index (χ1v) is 9.09. The van der Waals surface area contributed by atoms with Crippen LogP contribution in [0.2, 0.25) is 0 Å². The van der Waals surface area contributed by atoms with E-state index < -0.39 is 10.0 Å². The van der Waals surface area contributed by atoms with Gasteiger partial charge in [-0.2, -0.15) is 0 Å². The molecule has 0 saturated carbocycles. The van der Waals surface area contributed by atoms with Crippen molar-refractivity contribution in [3.63, 3.8) is 0 Å². The summed E-state index contributed by atoms with van der Waals surface area (Å²) in [5, 5.41) is 0. The highest BCUT2D eigenvalue weighted by atomic mass is 79.9. The molecule has 1 N–H and O–H groups in total. The monoisotopic (exact) mass is 434 g/mol. The Morgan fingerprint density at radius 2 is 1.90 bits per heavy atom. The number of rotatable bonds is 4. The lowest BCUT2D eigenvalue weighted by atomic mass is 10.4. The van der Waals surface area contributed by atoms with Crippen molar-refractivity contribution in [2.75, 3.05) is 4.72 Å². The van der Waals surface area contributed by atoms with E-state index in [-0.39, 0.29) is 10.5 Å². The van der Waals surface area contributed by atoms with Crippen molar-refractivity contribution >= 4 is 47.6 Å². The SMILES string of the molecule is CCn1cc(NS(=O)(=O)c2ccc(Br)cc2Br)ccc1=O. The van der Waals surface area contributed by atoms with Crippen LogP contribution in [0.15, 0.2) is 55.2 Å². The van der Waals surface area contributed by atoms with E-state index in [1.54, 1.807) is 12.1 Å². The molecule has 0 saturated heterocycles. The molecule has 5 nitrogen and oxygen atoms in total. The van der Waals surface area contributed by atoms with E-state index in [1.165, 1.54) is 29.0 Å². The number of anilines is 1. The Balaban J connectivity index is 2.39. The predicted molar refractivity (Wildman–Crippen MR) is 89.0 cm³/mol. The van der Waals surface area contributed by atoms with Crippen molar-refractivity contribution in [1.82, 2.24) is 4.57 Å². The number of hydrogen-bond acceptors (Lipinski definition) is 3. The lowest BCUT2D eigenvalue weighted by molar-refractivity contribution is 0.600. The zero-order valence-electron chi connectivity index (χ0n) is 11.0. The minimum Gasteiger partial charge on any atom is -0.314 e. The number of nitrogens with one attached hydrogen (secondary N) is 1. The van der Waals surface area contributed by atoms with Crippen LogP contribution in [0.4, 0.5) is 5.69 Å². The molecule has 0 atom stereocenters. The molecular weight excluding hydrogens is 424 g/mol. The van der Waals surface area contributed by atoms with Crippen LogP contribution in [-0.2, 0) is 16.6 Å². The first-order chi connectivity index (χ1) is 9.83. The van der Waals surface area contributed by atoms with Gasteiger partial charge in [-0.25, -0.2) is 8.42 Å². The summed E-state index contributed by atoms with van der Waals surface area (Å²) >= 11 is 6.51. The summed E-state index contributed by atoms with van der Waals surface area (Å²) in [6.45, 7) is 2.28. The van der Waals surface area contributed by atoms with Crippen LogP contribution < -0.4 is 10.3 Å². The fourth-order valence-electron chi connectivity index (χ4n) is 1.74. The number of pyridine rings is 1. The largest absolute Gasteiger partial charge is 0.314 e. The number of benzene rings is 1. The van der Waals surface area contributed by atoms with Crippen LogP contribution in [0, 0.1) is 0 Å². The van der Waals surface area contributed by atoms with E-state index in [4.69, 9.17) is 0 Å². The molecule has 8 heteroatoms. The van der Waals surface area contributed by atoms with Crippen molar-refractivity contribution in [3.05, 3.63) is 55.8 Å². The third kappa shape index (κ3) is 3.75. The number of sulfonamides is 1. The average Bonchev–Trinajstić information content (AvgIpc) is 2.40. The van der Waals surface area contributed by atoms with Crippen molar-refractivity contribution in [1.29, 1.82) is 0 Å². The number of halogens is 2. The van der Waals surface area contributed by atoms with E-state index in [2.05, 4.69) is 36.6 Å². The fourth-order valence-corrected chi connectivity index (χ4v) is 4.53. The molecule has 0 amide bonds. The molecule has 0 spiro atoms. The van der Waals surface area contributed by atoms with Gasteiger partial charge >= 0.3 is 0 Å². The molecule has 0 unspecified atom stereocenters. The van der Waals surface area contributed by atoms with Crippen molar-refractivity contribution in [3.8, 4) is 0 Å². The molecule has 0 aliphatic carbocycles. The van der Waals surface area contributed by atoms with E-state index in [0.717, 1.165) is 4.47 Å². The Labute approximate surface area is 139 Å². The summed E-state index contributed by atoms with van der Waals surface area (Å²) in [6.07, 6.45) is 1.48. The highest BCUT2D eigenvalue weighted by Crippen LogP contribution is 2.27. The minimum atomic E-state index is -3.73. The Morgan fingerprint density at radius 3 is 2.52 bits per heavy atom. The summed E-state index contributed by atoms with van der Waals surface area (Å²) in [7, 11) is -3.73. The van der Waals surface area contributed by atoms with Gasteiger partial charge in [0, 0.05) is 27.8 Å². The number of nitrogens with zero attached hydrogens (tertiary/aromatic N) is 1. The van der Waals surface area contributed by atoms with Crippen LogP contribution in [0.25, 0.3) is 0 Å². The number of aromatic nitrogens is 1. The Bertz CT molecular complexity index is 832. The average molecular weight is 436 g/mol. The number of aryl methyl sites for hydroxylation is 1. The lowest BCUT2D eigenvalue weighted by Crippen LogP contribution is -2.20. The molecule has 1 aromatic carbocycles. The summed E-state index contributed by atoms with van der Waals surface area (Å²) in [4.78, 5) is 11.6. The van der Waals surface area contributed by atoms with Gasteiger partial charge in [-0.15, -0.1) is 0 Å². The standard InChI is InChI=1S/C13H12Br2N2O3S/c1-2-17-8-10(4-6-13(17)18)16-21(19,20)12-5-3-9(14)7-11(12)15/h3-8,16H,2H2,1H3. The number of hydrogen-bond donors (Lipinski definition) is 1. The van der Waals surface area contributed by atoms with Gasteiger partial charge in [0.05, 0.1) is 5.69 Å². The van der Waals surface area contributed by atoms with E-state index in [1.807, 2.05) is 6.92 Å². The second kappa shape index (κ2) is 6.33. The van der Waals surface area contributed by atoms with Gasteiger partial charge in [-0.05, 0) is 47.1 Å². The minimum absolute atomic E-state index is 0.125. The van der Waals surface area contributed by atoms with Gasteiger partial charge < -0.3 is 4.57 Å². The summed E-state index contributed by atoms with van der Waals surface area (Å²) in [6, 6.07) is 7.57. The van der Waals surface area contributed by atoms with E-state index in [0.29, 0.717) is 16.7 Å². The van der Waals surface area contributed by atoms with Gasteiger partial charge in [-0.3, -0.25) is 9.52 Å². The molecule has 0 aliphatic rings. The van der Waals surface area contributed by atoms with Crippen molar-refractivity contribution in [2.24, 2.45) is 0 Å². The molecule has 21 heavy (non-hydrogen) atoms. The highest BCUT2D eigenvalue weighted by Gasteiger charge is 2.18.